The molecule has 0 amide bonds. The molecule has 0 bridgehead atoms. The van der Waals surface area contributed by atoms with Crippen LogP contribution in [0.2, 0.25) is 0 Å². The molecule has 25 rings (SSSR count). The molecule has 10 heterocycles. The number of sulfone groups is 1. The standard InChI is InChI=1S/C23H19NO.C22H17NO3S.C22H17NO2S.C22H17NOS.C22H17NOSe/c1-15-11-12-22-18(13-15)19-14-17-8-4-6-10-21(17)24(23(19)25-22)20-9-5-3-7-16(20)2;1-14-11-12-19-16(13-14)21-22(26-19)23(17-8-4-3-7-15(17)2)18-9-5-6-10-20(18)27(21,24)25;1-14-11-12-19-16(13-14)21-22(25-19)23(17-8-4-3-7-15(17)2)18-9-5-6-10-20(18)26(21)24;2*1-14-11-12-19-16(13-14)21-22(24-19)23(17-8-4-3-7-15(17)2)18-9-5-6-10-20(18)25-21/h3-13H,14H2,1-2H3;3-13H,1-2H3;3-13H,1-2H3;2*3-13H,1-2H3. The van der Waals surface area contributed by atoms with Gasteiger partial charge < -0.3 is 17.7 Å². The molecule has 0 radical (unpaired) electrons. The van der Waals surface area contributed by atoms with Crippen molar-refractivity contribution in [2.45, 2.75) is 105 Å². The molecule has 0 saturated carbocycles. The van der Waals surface area contributed by atoms with E-state index in [0.717, 1.165) is 107 Å². The zero-order valence-corrected chi connectivity index (χ0v) is 76.3. The summed E-state index contributed by atoms with van der Waals surface area (Å²) in [7, 11) is -4.97. The summed E-state index contributed by atoms with van der Waals surface area (Å²) in [5, 5.41) is 5.21. The average molecular weight is 1790 g/mol. The van der Waals surface area contributed by atoms with Crippen LogP contribution in [0.4, 0.5) is 86.3 Å². The molecule has 628 valence electrons. The molecule has 1 unspecified atom stereocenters. The Morgan fingerprint density at radius 2 is 0.680 bits per heavy atom. The molecule has 0 fully saturated rings. The van der Waals surface area contributed by atoms with Gasteiger partial charge in [0.2, 0.25) is 33.4 Å². The number of nitrogens with zero attached hydrogens (tertiary/aromatic N) is 5. The monoisotopic (exact) mass is 1790 g/mol. The third-order valence-corrected chi connectivity index (χ3v) is 31.2. The Morgan fingerprint density at radius 1 is 0.312 bits per heavy atom. The Labute approximate surface area is 756 Å². The summed E-state index contributed by atoms with van der Waals surface area (Å²) in [6.45, 7) is 20.9. The van der Waals surface area contributed by atoms with Gasteiger partial charge in [0.15, 0.2) is 0 Å². The van der Waals surface area contributed by atoms with Crippen molar-refractivity contribution in [2.75, 3.05) is 24.5 Å². The Bertz CT molecular complexity index is 7550. The summed E-state index contributed by atoms with van der Waals surface area (Å²) < 4.78 is 74.4. The molecule has 128 heavy (non-hydrogen) atoms. The topological polar surface area (TPSA) is 133 Å². The summed E-state index contributed by atoms with van der Waals surface area (Å²) in [6.07, 6.45) is 0.907. The molecule has 5 aliphatic rings. The van der Waals surface area contributed by atoms with E-state index in [2.05, 4.69) is 286 Å². The number of hydrogen-bond donors (Lipinski definition) is 0. The van der Waals surface area contributed by atoms with Gasteiger partial charge >= 0.3 is 153 Å². The van der Waals surface area contributed by atoms with E-state index in [-0.39, 0.29) is 19.9 Å². The first-order valence-corrected chi connectivity index (χ1v) is 47.9. The second kappa shape index (κ2) is 32.7. The maximum atomic E-state index is 13.5. The van der Waals surface area contributed by atoms with Crippen LogP contribution in [0, 0.1) is 69.2 Å². The van der Waals surface area contributed by atoms with Crippen molar-refractivity contribution < 1.29 is 34.7 Å². The van der Waals surface area contributed by atoms with Crippen molar-refractivity contribution >= 4 is 197 Å². The van der Waals surface area contributed by atoms with Crippen molar-refractivity contribution in [1.82, 2.24) is 0 Å². The van der Waals surface area contributed by atoms with Gasteiger partial charge in [-0.25, -0.2) is 12.6 Å². The molecule has 0 saturated heterocycles. The quantitative estimate of drug-likeness (QED) is 0.151. The average Bonchev–Trinajstić information content (AvgIpc) is 1.48. The molecule has 20 aromatic rings. The normalized spacial score (nSPS) is 13.9. The fourth-order valence-corrected chi connectivity index (χ4v) is 24.6. The van der Waals surface area contributed by atoms with Gasteiger partial charge in [-0.3, -0.25) is 19.6 Å². The van der Waals surface area contributed by atoms with Crippen molar-refractivity contribution in [3.05, 3.63) is 400 Å². The fourth-order valence-electron chi connectivity index (χ4n) is 18.0. The van der Waals surface area contributed by atoms with Crippen LogP contribution in [0.15, 0.2) is 385 Å². The summed E-state index contributed by atoms with van der Waals surface area (Å²) >= 11 is 2.04. The fraction of sp³-hybridized carbons (Fsp3) is 0.0991. The number of fused-ring (bicyclic) bond motifs is 20. The predicted octanol–water partition coefficient (Wildman–Crippen LogP) is 29.6. The van der Waals surface area contributed by atoms with Crippen LogP contribution < -0.4 is 33.4 Å². The number of furan rings is 5. The van der Waals surface area contributed by atoms with Gasteiger partial charge in [-0.05, 0) is 198 Å². The van der Waals surface area contributed by atoms with E-state index < -0.39 is 20.6 Å². The van der Waals surface area contributed by atoms with E-state index >= 15 is 0 Å². The van der Waals surface area contributed by atoms with Crippen molar-refractivity contribution in [1.29, 1.82) is 0 Å². The van der Waals surface area contributed by atoms with E-state index in [1.807, 2.05) is 129 Å². The minimum atomic E-state index is -3.69. The molecule has 0 spiro atoms. The van der Waals surface area contributed by atoms with E-state index in [1.165, 1.54) is 108 Å². The summed E-state index contributed by atoms with van der Waals surface area (Å²) in [4.78, 5) is 15.4. The molecule has 13 nitrogen and oxygen atoms in total. The minimum absolute atomic E-state index is 0.239. The van der Waals surface area contributed by atoms with Crippen LogP contribution in [-0.2, 0) is 27.1 Å². The van der Waals surface area contributed by atoms with Crippen LogP contribution in [-0.4, -0.2) is 27.6 Å². The molecule has 17 heteroatoms. The Kier molecular flexibility index (Phi) is 20.7. The molecule has 1 atom stereocenters. The number of anilines is 15. The maximum absolute atomic E-state index is 13.5. The van der Waals surface area contributed by atoms with Crippen molar-refractivity contribution in [2.24, 2.45) is 0 Å². The van der Waals surface area contributed by atoms with Gasteiger partial charge in [0.05, 0.1) is 71.0 Å². The van der Waals surface area contributed by atoms with Crippen LogP contribution in [0.3, 0.4) is 0 Å². The van der Waals surface area contributed by atoms with E-state index in [4.69, 9.17) is 22.1 Å². The van der Waals surface area contributed by atoms with E-state index in [9.17, 15) is 12.6 Å². The predicted molar refractivity (Wildman–Crippen MR) is 524 cm³/mol. The molecule has 0 N–H and O–H groups in total. The molecule has 0 aliphatic carbocycles. The van der Waals surface area contributed by atoms with Crippen LogP contribution in [0.1, 0.15) is 66.8 Å². The molecule has 5 aliphatic heterocycles. The van der Waals surface area contributed by atoms with Gasteiger partial charge in [-0.15, -0.1) is 0 Å². The van der Waals surface area contributed by atoms with Crippen molar-refractivity contribution in [3.8, 4) is 0 Å². The number of benzene rings is 15. The Balaban J connectivity index is 0.0000000973. The third kappa shape index (κ3) is 14.1. The number of aryl methyl sites for hydroxylation is 10. The summed E-state index contributed by atoms with van der Waals surface area (Å²) in [5.41, 5.74) is 29.2. The molecule has 15 aromatic carbocycles. The number of hydrogen-bond acceptors (Lipinski definition) is 14. The van der Waals surface area contributed by atoms with Crippen LogP contribution >= 0.6 is 11.8 Å². The summed E-state index contributed by atoms with van der Waals surface area (Å²) in [6, 6.07) is 113. The van der Waals surface area contributed by atoms with Gasteiger partial charge in [0.1, 0.15) is 32.1 Å². The van der Waals surface area contributed by atoms with E-state index in [0.29, 0.717) is 33.3 Å². The zero-order chi connectivity index (χ0) is 87.5. The number of rotatable bonds is 5. The van der Waals surface area contributed by atoms with Gasteiger partial charge in [0.25, 0.3) is 0 Å². The number of para-hydroxylation sites is 10. The van der Waals surface area contributed by atoms with Gasteiger partial charge in [-0.2, -0.15) is 0 Å². The first-order valence-electron chi connectivity index (χ1n) is 42.7. The van der Waals surface area contributed by atoms with Gasteiger partial charge in [0, 0.05) is 38.4 Å². The van der Waals surface area contributed by atoms with Crippen LogP contribution in [0.5, 0.6) is 0 Å². The second-order valence-corrected chi connectivity index (χ2v) is 39.6. The zero-order valence-electron chi connectivity index (χ0n) is 72.1. The van der Waals surface area contributed by atoms with Crippen molar-refractivity contribution in [3.63, 3.8) is 0 Å². The van der Waals surface area contributed by atoms with Crippen LogP contribution in [0.25, 0.3) is 54.8 Å². The molecular formula is C111H87N5O8S3Se. The second-order valence-electron chi connectivity index (χ2n) is 33.1. The van der Waals surface area contributed by atoms with E-state index in [1.54, 1.807) is 23.9 Å². The Hall–Kier alpha value is -14.0. The first-order chi connectivity index (χ1) is 62.3. The molecule has 5 aromatic heterocycles. The SMILES string of the molecule is Cc1ccc2oc3c(c2c1)Cc1ccccc1N3c1ccccc1C.Cc1ccc2oc3c(c2c1)S(=O)(=O)c1ccccc1N3c1ccccc1C.Cc1ccc2oc3c(c2c1)S(=O)c1ccccc1N3c1ccccc1C.Cc1ccc2oc3c(c2c1)Sc1ccccc1N3c1ccccc1C.Cc1ccc2oc3c(c2c1)[Se]c1ccccc1N3c1ccccc1C. The Morgan fingerprint density at radius 3 is 1.25 bits per heavy atom. The third-order valence-electron chi connectivity index (χ3n) is 24.2. The molecular weight excluding hydrogens is 1710 g/mol. The first kappa shape index (κ1) is 81.0. The summed E-state index contributed by atoms with van der Waals surface area (Å²) in [5.74, 6) is 3.85. The van der Waals surface area contributed by atoms with Gasteiger partial charge in [-0.1, -0.05) is 186 Å².